The zero-order valence-corrected chi connectivity index (χ0v) is 11.8. The zero-order chi connectivity index (χ0) is 15.2. The second-order valence-electron chi connectivity index (χ2n) is 5.11. The van der Waals surface area contributed by atoms with E-state index < -0.39 is 5.97 Å². The predicted molar refractivity (Wildman–Crippen MR) is 76.2 cm³/mol. The number of aliphatic carboxylic acids is 1. The molecule has 7 heteroatoms. The van der Waals surface area contributed by atoms with Gasteiger partial charge in [0.25, 0.3) is 0 Å². The van der Waals surface area contributed by atoms with Crippen molar-refractivity contribution in [1.82, 2.24) is 10.3 Å². The van der Waals surface area contributed by atoms with E-state index in [1.54, 1.807) is 12.1 Å². The molecule has 1 aromatic heterocycles. The van der Waals surface area contributed by atoms with Crippen LogP contribution in [0.1, 0.15) is 25.5 Å². The lowest BCUT2D eigenvalue weighted by Gasteiger charge is -2.27. The fraction of sp³-hybridized carbons (Fsp3) is 0.500. The number of rotatable bonds is 4. The van der Waals surface area contributed by atoms with Gasteiger partial charge in [0.05, 0.1) is 30.1 Å². The van der Waals surface area contributed by atoms with Gasteiger partial charge in [-0.1, -0.05) is 0 Å². The van der Waals surface area contributed by atoms with Crippen molar-refractivity contribution in [3.63, 3.8) is 0 Å². The van der Waals surface area contributed by atoms with Crippen molar-refractivity contribution < 1.29 is 19.4 Å². The second kappa shape index (κ2) is 7.03. The topological polar surface area (TPSA) is 101 Å². The van der Waals surface area contributed by atoms with Crippen LogP contribution in [-0.4, -0.2) is 40.8 Å². The van der Waals surface area contributed by atoms with Gasteiger partial charge >= 0.3 is 12.0 Å². The van der Waals surface area contributed by atoms with Crippen LogP contribution in [0.3, 0.4) is 0 Å². The third kappa shape index (κ3) is 5.03. The monoisotopic (exact) mass is 293 g/mol. The average Bonchev–Trinajstić information content (AvgIpc) is 2.40. The van der Waals surface area contributed by atoms with Crippen molar-refractivity contribution >= 4 is 17.7 Å². The molecule has 0 bridgehead atoms. The standard InChI is InChI=1S/C14H19N3O4/c1-9-6-11(4-5-21-9)16-14(20)17-12-3-2-10(15-8-12)7-13(18)19/h2-3,8-9,11H,4-7H2,1H3,(H,18,19)(H2,16,17,20). The lowest BCUT2D eigenvalue weighted by atomic mass is 10.0. The molecule has 2 atom stereocenters. The van der Waals surface area contributed by atoms with Crippen molar-refractivity contribution in [2.75, 3.05) is 11.9 Å². The summed E-state index contributed by atoms with van der Waals surface area (Å²) in [5, 5.41) is 14.2. The van der Waals surface area contributed by atoms with Crippen molar-refractivity contribution in [3.05, 3.63) is 24.0 Å². The van der Waals surface area contributed by atoms with Crippen LogP contribution in [0.4, 0.5) is 10.5 Å². The molecule has 1 saturated heterocycles. The summed E-state index contributed by atoms with van der Waals surface area (Å²) in [7, 11) is 0. The molecule has 1 aliphatic heterocycles. The highest BCUT2D eigenvalue weighted by Gasteiger charge is 2.20. The van der Waals surface area contributed by atoms with Crippen LogP contribution in [0.2, 0.25) is 0 Å². The molecule has 3 N–H and O–H groups in total. The molecule has 1 aromatic rings. The minimum absolute atomic E-state index is 0.105. The van der Waals surface area contributed by atoms with E-state index in [4.69, 9.17) is 9.84 Å². The number of ether oxygens (including phenoxy) is 1. The van der Waals surface area contributed by atoms with Gasteiger partial charge in [0.2, 0.25) is 0 Å². The number of hydrogen-bond donors (Lipinski definition) is 3. The van der Waals surface area contributed by atoms with Crippen molar-refractivity contribution in [1.29, 1.82) is 0 Å². The molecule has 0 aliphatic carbocycles. The van der Waals surface area contributed by atoms with E-state index in [2.05, 4.69) is 15.6 Å². The molecular formula is C14H19N3O4. The third-order valence-corrected chi connectivity index (χ3v) is 3.24. The van der Waals surface area contributed by atoms with E-state index in [1.807, 2.05) is 6.92 Å². The maximum absolute atomic E-state index is 11.9. The number of aromatic nitrogens is 1. The summed E-state index contributed by atoms with van der Waals surface area (Å²) < 4.78 is 5.42. The van der Waals surface area contributed by atoms with Gasteiger partial charge in [-0.3, -0.25) is 9.78 Å². The van der Waals surface area contributed by atoms with Gasteiger partial charge in [-0.05, 0) is 31.9 Å². The van der Waals surface area contributed by atoms with Crippen LogP contribution in [0.25, 0.3) is 0 Å². The Bertz CT molecular complexity index is 503. The molecule has 2 unspecified atom stereocenters. The minimum Gasteiger partial charge on any atom is -0.481 e. The molecule has 0 spiro atoms. The van der Waals surface area contributed by atoms with Gasteiger partial charge in [-0.2, -0.15) is 0 Å². The van der Waals surface area contributed by atoms with Gasteiger partial charge in [-0.25, -0.2) is 4.79 Å². The van der Waals surface area contributed by atoms with E-state index in [0.29, 0.717) is 18.0 Å². The number of carbonyl (C=O) groups excluding carboxylic acids is 1. The number of amides is 2. The molecule has 21 heavy (non-hydrogen) atoms. The van der Waals surface area contributed by atoms with Crippen LogP contribution in [0, 0.1) is 0 Å². The Hall–Kier alpha value is -2.15. The number of urea groups is 1. The summed E-state index contributed by atoms with van der Waals surface area (Å²) >= 11 is 0. The summed E-state index contributed by atoms with van der Waals surface area (Å²) in [6.45, 7) is 2.63. The van der Waals surface area contributed by atoms with E-state index in [0.717, 1.165) is 12.8 Å². The molecule has 0 radical (unpaired) electrons. The first kappa shape index (κ1) is 15.2. The summed E-state index contributed by atoms with van der Waals surface area (Å²) in [5.41, 5.74) is 0.980. The van der Waals surface area contributed by atoms with E-state index in [-0.39, 0.29) is 24.6 Å². The van der Waals surface area contributed by atoms with Crippen LogP contribution < -0.4 is 10.6 Å². The number of carboxylic acids is 1. The minimum atomic E-state index is -0.936. The smallest absolute Gasteiger partial charge is 0.319 e. The Morgan fingerprint density at radius 2 is 2.29 bits per heavy atom. The lowest BCUT2D eigenvalue weighted by Crippen LogP contribution is -2.43. The Balaban J connectivity index is 1.83. The molecule has 2 heterocycles. The number of hydrogen-bond acceptors (Lipinski definition) is 4. The maximum Gasteiger partial charge on any atom is 0.319 e. The van der Waals surface area contributed by atoms with Gasteiger partial charge < -0.3 is 20.5 Å². The van der Waals surface area contributed by atoms with Gasteiger partial charge in [-0.15, -0.1) is 0 Å². The Kier molecular flexibility index (Phi) is 5.10. The third-order valence-electron chi connectivity index (χ3n) is 3.24. The molecule has 0 aromatic carbocycles. The van der Waals surface area contributed by atoms with Gasteiger partial charge in [0, 0.05) is 12.6 Å². The number of carbonyl (C=O) groups is 2. The second-order valence-corrected chi connectivity index (χ2v) is 5.11. The summed E-state index contributed by atoms with van der Waals surface area (Å²) in [6, 6.07) is 3.03. The number of anilines is 1. The number of pyridine rings is 1. The maximum atomic E-state index is 11.9. The van der Waals surface area contributed by atoms with Crippen LogP contribution in [-0.2, 0) is 16.0 Å². The number of carboxylic acid groups (broad SMARTS) is 1. The SMILES string of the molecule is CC1CC(NC(=O)Nc2ccc(CC(=O)O)nc2)CCO1. The first-order chi connectivity index (χ1) is 10.0. The highest BCUT2D eigenvalue weighted by Crippen LogP contribution is 2.13. The van der Waals surface area contributed by atoms with Crippen LogP contribution in [0.15, 0.2) is 18.3 Å². The number of nitrogens with one attached hydrogen (secondary N) is 2. The van der Waals surface area contributed by atoms with Crippen molar-refractivity contribution in [2.24, 2.45) is 0 Å². The van der Waals surface area contributed by atoms with Crippen LogP contribution in [0.5, 0.6) is 0 Å². The van der Waals surface area contributed by atoms with E-state index in [1.165, 1.54) is 6.20 Å². The molecule has 7 nitrogen and oxygen atoms in total. The fourth-order valence-corrected chi connectivity index (χ4v) is 2.24. The van der Waals surface area contributed by atoms with Gasteiger partial charge in [0.15, 0.2) is 0 Å². The molecule has 1 fully saturated rings. The van der Waals surface area contributed by atoms with E-state index >= 15 is 0 Å². The molecule has 0 saturated carbocycles. The largest absolute Gasteiger partial charge is 0.481 e. The van der Waals surface area contributed by atoms with Crippen LogP contribution >= 0.6 is 0 Å². The molecule has 2 rings (SSSR count). The first-order valence-electron chi connectivity index (χ1n) is 6.89. The first-order valence-corrected chi connectivity index (χ1v) is 6.89. The molecule has 2 amide bonds. The Morgan fingerprint density at radius 3 is 2.90 bits per heavy atom. The quantitative estimate of drug-likeness (QED) is 0.779. The summed E-state index contributed by atoms with van der Waals surface area (Å²) in [5.74, 6) is -0.936. The van der Waals surface area contributed by atoms with Crippen molar-refractivity contribution in [3.8, 4) is 0 Å². The highest BCUT2D eigenvalue weighted by atomic mass is 16.5. The fourth-order valence-electron chi connectivity index (χ4n) is 2.24. The summed E-state index contributed by atoms with van der Waals surface area (Å²) in [6.07, 6.45) is 3.06. The molecular weight excluding hydrogens is 274 g/mol. The average molecular weight is 293 g/mol. The zero-order valence-electron chi connectivity index (χ0n) is 11.8. The Labute approximate surface area is 122 Å². The normalized spacial score (nSPS) is 21.6. The molecule has 114 valence electrons. The lowest BCUT2D eigenvalue weighted by molar-refractivity contribution is -0.136. The number of nitrogens with zero attached hydrogens (tertiary/aromatic N) is 1. The Morgan fingerprint density at radius 1 is 1.48 bits per heavy atom. The van der Waals surface area contributed by atoms with Crippen molar-refractivity contribution in [2.45, 2.75) is 38.3 Å². The predicted octanol–water partition coefficient (Wildman–Crippen LogP) is 1.40. The summed E-state index contributed by atoms with van der Waals surface area (Å²) in [4.78, 5) is 26.4. The molecule has 1 aliphatic rings. The highest BCUT2D eigenvalue weighted by molar-refractivity contribution is 5.89. The van der Waals surface area contributed by atoms with Gasteiger partial charge in [0.1, 0.15) is 0 Å². The van der Waals surface area contributed by atoms with E-state index in [9.17, 15) is 9.59 Å².